The molecule has 1 aliphatic rings. The molecule has 0 bridgehead atoms. The summed E-state index contributed by atoms with van der Waals surface area (Å²) < 4.78 is 24.5. The maximum atomic E-state index is 14.0. The average Bonchev–Trinajstić information content (AvgIpc) is 2.35. The van der Waals surface area contributed by atoms with Crippen molar-refractivity contribution in [1.29, 1.82) is 0 Å². The molecule has 0 amide bonds. The molecule has 19 heavy (non-hydrogen) atoms. The van der Waals surface area contributed by atoms with Crippen molar-refractivity contribution in [2.24, 2.45) is 0 Å². The maximum absolute atomic E-state index is 14.0. The lowest BCUT2D eigenvalue weighted by Gasteiger charge is -2.23. The molecule has 0 aliphatic carbocycles. The van der Waals surface area contributed by atoms with Crippen LogP contribution >= 0.6 is 0 Å². The molecule has 0 saturated heterocycles. The average molecular weight is 268 g/mol. The van der Waals surface area contributed by atoms with Crippen LogP contribution in [0.4, 0.5) is 4.39 Å². The van der Waals surface area contributed by atoms with Gasteiger partial charge >= 0.3 is 5.97 Å². The zero-order valence-electron chi connectivity index (χ0n) is 10.5. The SMILES string of the molecule is CC(C)(F)c1cc2c(c(C(=O)C(=O)O)c1)OCCO2. The van der Waals surface area contributed by atoms with Gasteiger partial charge in [0.25, 0.3) is 5.78 Å². The summed E-state index contributed by atoms with van der Waals surface area (Å²) in [6.07, 6.45) is 0. The molecule has 0 fully saturated rings. The van der Waals surface area contributed by atoms with E-state index in [0.29, 0.717) is 0 Å². The molecule has 1 heterocycles. The maximum Gasteiger partial charge on any atom is 0.377 e. The number of rotatable bonds is 3. The zero-order valence-corrected chi connectivity index (χ0v) is 10.5. The van der Waals surface area contributed by atoms with E-state index in [1.807, 2.05) is 0 Å². The molecule has 2 rings (SSSR count). The molecule has 1 aromatic carbocycles. The number of fused-ring (bicyclic) bond motifs is 1. The second-order valence-electron chi connectivity index (χ2n) is 4.65. The van der Waals surface area contributed by atoms with E-state index >= 15 is 0 Å². The monoisotopic (exact) mass is 268 g/mol. The Kier molecular flexibility index (Phi) is 3.18. The van der Waals surface area contributed by atoms with Gasteiger partial charge in [-0.1, -0.05) is 0 Å². The lowest BCUT2D eigenvalue weighted by atomic mass is 9.95. The van der Waals surface area contributed by atoms with Crippen molar-refractivity contribution >= 4 is 11.8 Å². The minimum absolute atomic E-state index is 0.0617. The predicted octanol–water partition coefficient (Wildman–Crippen LogP) is 1.93. The van der Waals surface area contributed by atoms with Gasteiger partial charge in [0.1, 0.15) is 18.9 Å². The molecular formula is C13H13FO5. The van der Waals surface area contributed by atoms with Crippen molar-refractivity contribution in [3.05, 3.63) is 23.3 Å². The minimum atomic E-state index is -1.72. The van der Waals surface area contributed by atoms with Gasteiger partial charge in [-0.25, -0.2) is 9.18 Å². The van der Waals surface area contributed by atoms with Gasteiger partial charge in [-0.05, 0) is 31.5 Å². The van der Waals surface area contributed by atoms with Crippen molar-refractivity contribution in [3.63, 3.8) is 0 Å². The fourth-order valence-electron chi connectivity index (χ4n) is 1.78. The van der Waals surface area contributed by atoms with Crippen molar-refractivity contribution < 1.29 is 28.6 Å². The van der Waals surface area contributed by atoms with Gasteiger partial charge < -0.3 is 14.6 Å². The van der Waals surface area contributed by atoms with Crippen LogP contribution in [0.2, 0.25) is 0 Å². The number of carboxylic acid groups (broad SMARTS) is 1. The zero-order chi connectivity index (χ0) is 14.2. The standard InChI is InChI=1S/C13H13FO5/c1-13(2,14)7-5-8(10(15)12(16)17)11-9(6-7)18-3-4-19-11/h5-6H,3-4H2,1-2H3,(H,16,17). The van der Waals surface area contributed by atoms with Gasteiger partial charge in [-0.15, -0.1) is 0 Å². The summed E-state index contributed by atoms with van der Waals surface area (Å²) in [6.45, 7) is 3.11. The Morgan fingerprint density at radius 2 is 1.89 bits per heavy atom. The third-order valence-electron chi connectivity index (χ3n) is 2.77. The Hall–Kier alpha value is -2.11. The third-order valence-corrected chi connectivity index (χ3v) is 2.77. The predicted molar refractivity (Wildman–Crippen MR) is 63.5 cm³/mol. The number of ether oxygens (including phenoxy) is 2. The second kappa shape index (κ2) is 4.53. The van der Waals surface area contributed by atoms with Gasteiger partial charge in [0.15, 0.2) is 11.5 Å². The highest BCUT2D eigenvalue weighted by Crippen LogP contribution is 2.39. The van der Waals surface area contributed by atoms with Crippen LogP contribution in [0.25, 0.3) is 0 Å². The molecule has 0 spiro atoms. The molecule has 1 aliphatic heterocycles. The Balaban J connectivity index is 2.62. The van der Waals surface area contributed by atoms with Gasteiger partial charge in [-0.3, -0.25) is 4.79 Å². The summed E-state index contributed by atoms with van der Waals surface area (Å²) in [5.74, 6) is -2.51. The number of hydrogen-bond donors (Lipinski definition) is 1. The topological polar surface area (TPSA) is 72.8 Å². The number of halogens is 1. The van der Waals surface area contributed by atoms with E-state index in [1.54, 1.807) is 0 Å². The van der Waals surface area contributed by atoms with Gasteiger partial charge in [-0.2, -0.15) is 0 Å². The molecule has 0 aromatic heterocycles. The first-order valence-corrected chi connectivity index (χ1v) is 5.71. The molecule has 0 saturated carbocycles. The number of benzene rings is 1. The van der Waals surface area contributed by atoms with Crippen molar-refractivity contribution in [1.82, 2.24) is 0 Å². The third kappa shape index (κ3) is 2.52. The Morgan fingerprint density at radius 3 is 2.47 bits per heavy atom. The Morgan fingerprint density at radius 1 is 1.26 bits per heavy atom. The van der Waals surface area contributed by atoms with E-state index in [0.717, 1.165) is 0 Å². The van der Waals surface area contributed by atoms with Crippen LogP contribution in [0.15, 0.2) is 12.1 Å². The summed E-state index contributed by atoms with van der Waals surface area (Å²) >= 11 is 0. The van der Waals surface area contributed by atoms with Crippen LogP contribution in [-0.2, 0) is 10.5 Å². The number of carbonyl (C=O) groups is 2. The first-order chi connectivity index (χ1) is 8.80. The Bertz CT molecular complexity index is 545. The lowest BCUT2D eigenvalue weighted by Crippen LogP contribution is -2.22. The fourth-order valence-corrected chi connectivity index (χ4v) is 1.78. The number of carbonyl (C=O) groups excluding carboxylic acids is 1. The van der Waals surface area contributed by atoms with E-state index < -0.39 is 17.4 Å². The van der Waals surface area contributed by atoms with E-state index in [-0.39, 0.29) is 35.8 Å². The number of hydrogen-bond acceptors (Lipinski definition) is 4. The first-order valence-electron chi connectivity index (χ1n) is 5.71. The minimum Gasteiger partial charge on any atom is -0.486 e. The van der Waals surface area contributed by atoms with Crippen LogP contribution in [0, 0.1) is 0 Å². The van der Waals surface area contributed by atoms with E-state index in [1.165, 1.54) is 26.0 Å². The summed E-state index contributed by atoms with van der Waals surface area (Å²) in [6, 6.07) is 2.62. The van der Waals surface area contributed by atoms with E-state index in [2.05, 4.69) is 0 Å². The number of ketones is 1. The highest BCUT2D eigenvalue weighted by molar-refractivity contribution is 6.40. The number of aliphatic carboxylic acids is 1. The van der Waals surface area contributed by atoms with E-state index in [9.17, 15) is 14.0 Å². The molecule has 5 nitrogen and oxygen atoms in total. The van der Waals surface area contributed by atoms with Crippen LogP contribution in [0.1, 0.15) is 29.8 Å². The summed E-state index contributed by atoms with van der Waals surface area (Å²) in [5, 5.41) is 8.79. The number of carboxylic acids is 1. The summed E-state index contributed by atoms with van der Waals surface area (Å²) in [7, 11) is 0. The highest BCUT2D eigenvalue weighted by Gasteiger charge is 2.30. The molecular weight excluding hydrogens is 255 g/mol. The largest absolute Gasteiger partial charge is 0.486 e. The molecule has 6 heteroatoms. The molecule has 1 N–H and O–H groups in total. The lowest BCUT2D eigenvalue weighted by molar-refractivity contribution is -0.131. The van der Waals surface area contributed by atoms with Crippen molar-refractivity contribution in [3.8, 4) is 11.5 Å². The van der Waals surface area contributed by atoms with Crippen molar-refractivity contribution in [2.75, 3.05) is 13.2 Å². The quantitative estimate of drug-likeness (QED) is 0.669. The summed E-state index contributed by atoms with van der Waals surface area (Å²) in [5.41, 5.74) is -1.74. The Labute approximate surface area is 108 Å². The molecule has 1 aromatic rings. The normalized spacial score (nSPS) is 14.1. The van der Waals surface area contributed by atoms with Gasteiger partial charge in [0.05, 0.1) is 5.56 Å². The fraction of sp³-hybridized carbons (Fsp3) is 0.385. The highest BCUT2D eigenvalue weighted by atomic mass is 19.1. The van der Waals surface area contributed by atoms with Crippen molar-refractivity contribution in [2.45, 2.75) is 19.5 Å². The first kappa shape index (κ1) is 13.3. The smallest absolute Gasteiger partial charge is 0.377 e. The van der Waals surface area contributed by atoms with Gasteiger partial charge in [0.2, 0.25) is 0 Å². The van der Waals surface area contributed by atoms with Crippen LogP contribution in [0.3, 0.4) is 0 Å². The number of Topliss-reactive ketones (excluding diaryl/α,β-unsaturated/α-hetero) is 1. The molecule has 0 radical (unpaired) electrons. The molecule has 102 valence electrons. The van der Waals surface area contributed by atoms with E-state index in [4.69, 9.17) is 14.6 Å². The van der Waals surface area contributed by atoms with Crippen LogP contribution in [-0.4, -0.2) is 30.1 Å². The second-order valence-corrected chi connectivity index (χ2v) is 4.65. The molecule has 0 unspecified atom stereocenters. The molecule has 0 atom stereocenters. The van der Waals surface area contributed by atoms with Gasteiger partial charge in [0, 0.05) is 0 Å². The van der Waals surface area contributed by atoms with Crippen LogP contribution in [0.5, 0.6) is 11.5 Å². The van der Waals surface area contributed by atoms with Crippen LogP contribution < -0.4 is 9.47 Å². The number of alkyl halides is 1. The summed E-state index contributed by atoms with van der Waals surface area (Å²) in [4.78, 5) is 22.4.